The van der Waals surface area contributed by atoms with Crippen LogP contribution in [0.5, 0.6) is 0 Å². The molecule has 2 rings (SSSR count). The Labute approximate surface area is 116 Å². The maximum absolute atomic E-state index is 5.97. The molecule has 0 spiro atoms. The van der Waals surface area contributed by atoms with E-state index in [0.29, 0.717) is 0 Å². The molecule has 0 atom stereocenters. The molecule has 1 fully saturated rings. The van der Waals surface area contributed by atoms with Gasteiger partial charge in [0.1, 0.15) is 5.60 Å². The van der Waals surface area contributed by atoms with Crippen molar-refractivity contribution in [1.82, 2.24) is 15.3 Å². The van der Waals surface area contributed by atoms with Gasteiger partial charge in [0.25, 0.3) is 0 Å². The Kier molecular flexibility index (Phi) is 5.28. The highest BCUT2D eigenvalue weighted by Gasteiger charge is 2.38. The lowest BCUT2D eigenvalue weighted by Gasteiger charge is -2.27. The highest BCUT2D eigenvalue weighted by molar-refractivity contribution is 5.11. The third kappa shape index (κ3) is 3.51. The van der Waals surface area contributed by atoms with Gasteiger partial charge in [-0.15, -0.1) is 0 Å². The van der Waals surface area contributed by atoms with Crippen molar-refractivity contribution in [3.8, 4) is 0 Å². The summed E-state index contributed by atoms with van der Waals surface area (Å²) in [7, 11) is 0. The third-order valence-electron chi connectivity index (χ3n) is 3.70. The standard InChI is InChI=1S/C15H25N3O/c1-3-9-16-10-13-11-17-14(18-12-13)15(19-4-2)7-5-6-8-15/h11-12,16H,3-10H2,1-2H3. The second-order valence-corrected chi connectivity index (χ2v) is 5.23. The predicted molar refractivity (Wildman–Crippen MR) is 75.8 cm³/mol. The van der Waals surface area contributed by atoms with E-state index in [2.05, 4.69) is 22.2 Å². The molecule has 19 heavy (non-hydrogen) atoms. The SMILES string of the molecule is CCCNCc1cnc(C2(OCC)CCCC2)nc1. The van der Waals surface area contributed by atoms with E-state index in [-0.39, 0.29) is 5.60 Å². The Balaban J connectivity index is 2.03. The molecule has 0 radical (unpaired) electrons. The molecule has 4 nitrogen and oxygen atoms in total. The first kappa shape index (κ1) is 14.4. The van der Waals surface area contributed by atoms with E-state index in [1.807, 2.05) is 19.3 Å². The van der Waals surface area contributed by atoms with Gasteiger partial charge in [-0.25, -0.2) is 9.97 Å². The van der Waals surface area contributed by atoms with Gasteiger partial charge >= 0.3 is 0 Å². The molecule has 0 saturated heterocycles. The summed E-state index contributed by atoms with van der Waals surface area (Å²) in [5.41, 5.74) is 0.922. The number of hydrogen-bond donors (Lipinski definition) is 1. The minimum absolute atomic E-state index is 0.218. The van der Waals surface area contributed by atoms with E-state index in [9.17, 15) is 0 Å². The molecule has 1 heterocycles. The van der Waals surface area contributed by atoms with Crippen LogP contribution in [0, 0.1) is 0 Å². The number of ether oxygens (including phenoxy) is 1. The summed E-state index contributed by atoms with van der Waals surface area (Å²) in [6.07, 6.45) is 9.54. The largest absolute Gasteiger partial charge is 0.367 e. The topological polar surface area (TPSA) is 47.0 Å². The van der Waals surface area contributed by atoms with E-state index in [4.69, 9.17) is 4.74 Å². The van der Waals surface area contributed by atoms with Crippen LogP contribution >= 0.6 is 0 Å². The van der Waals surface area contributed by atoms with E-state index in [1.165, 1.54) is 12.8 Å². The molecule has 1 aliphatic carbocycles. The first-order valence-electron chi connectivity index (χ1n) is 7.47. The predicted octanol–water partition coefficient (Wildman–Crippen LogP) is 2.78. The van der Waals surface area contributed by atoms with Gasteiger partial charge in [-0.1, -0.05) is 6.92 Å². The van der Waals surface area contributed by atoms with E-state index in [0.717, 1.165) is 50.3 Å². The molecule has 1 N–H and O–H groups in total. The summed E-state index contributed by atoms with van der Waals surface area (Å²) < 4.78 is 5.97. The van der Waals surface area contributed by atoms with Gasteiger partial charge in [-0.05, 0) is 45.6 Å². The van der Waals surface area contributed by atoms with Crippen LogP contribution < -0.4 is 5.32 Å². The molecule has 1 aliphatic rings. The van der Waals surface area contributed by atoms with Crippen LogP contribution in [0.3, 0.4) is 0 Å². The summed E-state index contributed by atoms with van der Waals surface area (Å²) in [5, 5.41) is 3.36. The van der Waals surface area contributed by atoms with Crippen molar-refractivity contribution in [2.24, 2.45) is 0 Å². The summed E-state index contributed by atoms with van der Waals surface area (Å²) in [5.74, 6) is 0.867. The summed E-state index contributed by atoms with van der Waals surface area (Å²) in [6.45, 7) is 6.81. The molecule has 0 aliphatic heterocycles. The van der Waals surface area contributed by atoms with Crippen LogP contribution in [0.1, 0.15) is 57.3 Å². The Bertz CT molecular complexity index is 371. The van der Waals surface area contributed by atoms with Crippen LogP contribution in [-0.4, -0.2) is 23.1 Å². The zero-order valence-corrected chi connectivity index (χ0v) is 12.1. The number of rotatable bonds is 7. The number of nitrogens with zero attached hydrogens (tertiary/aromatic N) is 2. The monoisotopic (exact) mass is 263 g/mol. The van der Waals surface area contributed by atoms with Crippen LogP contribution in [0.4, 0.5) is 0 Å². The average Bonchev–Trinajstić information content (AvgIpc) is 2.90. The molecule has 0 amide bonds. The molecule has 1 saturated carbocycles. The van der Waals surface area contributed by atoms with Crippen molar-refractivity contribution in [3.63, 3.8) is 0 Å². The fraction of sp³-hybridized carbons (Fsp3) is 0.733. The van der Waals surface area contributed by atoms with E-state index < -0.39 is 0 Å². The van der Waals surface area contributed by atoms with Crippen molar-refractivity contribution in [1.29, 1.82) is 0 Å². The highest BCUT2D eigenvalue weighted by atomic mass is 16.5. The molecule has 4 heteroatoms. The smallest absolute Gasteiger partial charge is 0.160 e. The van der Waals surface area contributed by atoms with Gasteiger partial charge in [0.2, 0.25) is 0 Å². The van der Waals surface area contributed by atoms with Crippen molar-refractivity contribution in [3.05, 3.63) is 23.8 Å². The first-order valence-corrected chi connectivity index (χ1v) is 7.47. The molecule has 0 unspecified atom stereocenters. The van der Waals surface area contributed by atoms with Crippen LogP contribution in [0.15, 0.2) is 12.4 Å². The van der Waals surface area contributed by atoms with Gasteiger partial charge in [0, 0.05) is 31.1 Å². The summed E-state index contributed by atoms with van der Waals surface area (Å²) >= 11 is 0. The normalized spacial score (nSPS) is 17.8. The molecular weight excluding hydrogens is 238 g/mol. The van der Waals surface area contributed by atoms with E-state index >= 15 is 0 Å². The minimum atomic E-state index is -0.218. The second-order valence-electron chi connectivity index (χ2n) is 5.23. The first-order chi connectivity index (χ1) is 9.30. The van der Waals surface area contributed by atoms with Crippen molar-refractivity contribution >= 4 is 0 Å². The Hall–Kier alpha value is -1.00. The van der Waals surface area contributed by atoms with Gasteiger partial charge < -0.3 is 10.1 Å². The van der Waals surface area contributed by atoms with Gasteiger partial charge in [0.05, 0.1) is 0 Å². The minimum Gasteiger partial charge on any atom is -0.367 e. The van der Waals surface area contributed by atoms with Gasteiger partial charge in [0.15, 0.2) is 5.82 Å². The molecule has 1 aromatic heterocycles. The fourth-order valence-electron chi connectivity index (χ4n) is 2.75. The number of hydrogen-bond acceptors (Lipinski definition) is 4. The van der Waals surface area contributed by atoms with Crippen molar-refractivity contribution in [2.45, 2.75) is 58.1 Å². The zero-order chi connectivity index (χ0) is 13.6. The lowest BCUT2D eigenvalue weighted by atomic mass is 10.0. The van der Waals surface area contributed by atoms with E-state index in [1.54, 1.807) is 0 Å². The second kappa shape index (κ2) is 6.96. The molecule has 106 valence electrons. The van der Waals surface area contributed by atoms with Gasteiger partial charge in [-0.3, -0.25) is 0 Å². The molecule has 1 aromatic rings. The highest BCUT2D eigenvalue weighted by Crippen LogP contribution is 2.40. The third-order valence-corrected chi connectivity index (χ3v) is 3.70. The van der Waals surface area contributed by atoms with Crippen molar-refractivity contribution in [2.75, 3.05) is 13.2 Å². The molecule has 0 aromatic carbocycles. The fourth-order valence-corrected chi connectivity index (χ4v) is 2.75. The lowest BCUT2D eigenvalue weighted by molar-refractivity contribution is -0.0457. The van der Waals surface area contributed by atoms with Crippen molar-refractivity contribution < 1.29 is 4.74 Å². The van der Waals surface area contributed by atoms with Gasteiger partial charge in [-0.2, -0.15) is 0 Å². The Morgan fingerprint density at radius 1 is 1.21 bits per heavy atom. The molecule has 0 bridgehead atoms. The van der Waals surface area contributed by atoms with Crippen LogP contribution in [0.2, 0.25) is 0 Å². The summed E-state index contributed by atoms with van der Waals surface area (Å²) in [4.78, 5) is 9.11. The average molecular weight is 263 g/mol. The van der Waals surface area contributed by atoms with Crippen LogP contribution in [0.25, 0.3) is 0 Å². The molecular formula is C15H25N3O. The summed E-state index contributed by atoms with van der Waals surface area (Å²) in [6, 6.07) is 0. The van der Waals surface area contributed by atoms with Crippen LogP contribution in [-0.2, 0) is 16.9 Å². The Morgan fingerprint density at radius 3 is 2.47 bits per heavy atom. The number of nitrogens with one attached hydrogen (secondary N) is 1. The zero-order valence-electron chi connectivity index (χ0n) is 12.1. The maximum atomic E-state index is 5.97. The maximum Gasteiger partial charge on any atom is 0.160 e. The Morgan fingerprint density at radius 2 is 1.89 bits per heavy atom. The quantitative estimate of drug-likeness (QED) is 0.768. The number of aromatic nitrogens is 2. The lowest BCUT2D eigenvalue weighted by Crippen LogP contribution is -2.29.